The van der Waals surface area contributed by atoms with Crippen molar-refractivity contribution in [2.45, 2.75) is 31.2 Å². The van der Waals surface area contributed by atoms with Crippen molar-refractivity contribution < 1.29 is 10.0 Å². The summed E-state index contributed by atoms with van der Waals surface area (Å²) < 4.78 is 0. The van der Waals surface area contributed by atoms with E-state index in [1.807, 2.05) is 11.4 Å². The maximum atomic E-state index is 12.0. The van der Waals surface area contributed by atoms with Crippen LogP contribution in [0.1, 0.15) is 35.4 Å². The molecule has 0 aromatic carbocycles. The SMILES string of the molecule is N/C(=N/O)C1(NC(=O)c2cccs2)CCCC1. The molecule has 0 radical (unpaired) electrons. The van der Waals surface area contributed by atoms with Crippen LogP contribution in [-0.2, 0) is 0 Å². The topological polar surface area (TPSA) is 87.7 Å². The standard InChI is InChI=1S/C11H15N3O2S/c12-10(14-16)11(5-1-2-6-11)13-9(15)8-4-3-7-17-8/h3-4,7,16H,1-2,5-6H2,(H2,12,14)(H,13,15). The number of thiophene rings is 1. The van der Waals surface area contributed by atoms with Crippen LogP contribution in [-0.4, -0.2) is 22.5 Å². The summed E-state index contributed by atoms with van der Waals surface area (Å²) in [4.78, 5) is 12.6. The lowest BCUT2D eigenvalue weighted by molar-refractivity contribution is 0.0927. The van der Waals surface area contributed by atoms with Crippen LogP contribution >= 0.6 is 11.3 Å². The van der Waals surface area contributed by atoms with Gasteiger partial charge in [0.1, 0.15) is 5.54 Å². The number of hydrogen-bond acceptors (Lipinski definition) is 4. The molecule has 2 rings (SSSR count). The number of nitrogens with zero attached hydrogens (tertiary/aromatic N) is 1. The van der Waals surface area contributed by atoms with Crippen LogP contribution in [0.5, 0.6) is 0 Å². The molecule has 1 aromatic heterocycles. The van der Waals surface area contributed by atoms with Gasteiger partial charge in [0.05, 0.1) is 4.88 Å². The van der Waals surface area contributed by atoms with Crippen molar-refractivity contribution in [3.63, 3.8) is 0 Å². The minimum atomic E-state index is -0.671. The molecule has 0 saturated heterocycles. The highest BCUT2D eigenvalue weighted by atomic mass is 32.1. The third-order valence-electron chi connectivity index (χ3n) is 3.15. The molecule has 1 amide bonds. The Bertz CT molecular complexity index is 422. The van der Waals surface area contributed by atoms with Crippen molar-refractivity contribution in [2.75, 3.05) is 0 Å². The number of nitrogens with one attached hydrogen (secondary N) is 1. The monoisotopic (exact) mass is 253 g/mol. The van der Waals surface area contributed by atoms with Gasteiger partial charge in [-0.25, -0.2) is 0 Å². The van der Waals surface area contributed by atoms with Gasteiger partial charge in [0.25, 0.3) is 5.91 Å². The maximum absolute atomic E-state index is 12.0. The Balaban J connectivity index is 2.17. The second kappa shape index (κ2) is 4.75. The summed E-state index contributed by atoms with van der Waals surface area (Å²) in [5.41, 5.74) is 5.03. The average Bonchev–Trinajstić information content (AvgIpc) is 2.99. The van der Waals surface area contributed by atoms with Crippen LogP contribution < -0.4 is 11.1 Å². The Morgan fingerprint density at radius 3 is 2.76 bits per heavy atom. The van der Waals surface area contributed by atoms with Crippen LogP contribution in [0.25, 0.3) is 0 Å². The van der Waals surface area contributed by atoms with Crippen molar-refractivity contribution in [3.8, 4) is 0 Å². The maximum Gasteiger partial charge on any atom is 0.262 e. The van der Waals surface area contributed by atoms with Gasteiger partial charge in [0.15, 0.2) is 5.84 Å². The van der Waals surface area contributed by atoms with Gasteiger partial charge in [-0.2, -0.15) is 0 Å². The highest BCUT2D eigenvalue weighted by Gasteiger charge is 2.40. The smallest absolute Gasteiger partial charge is 0.262 e. The molecule has 17 heavy (non-hydrogen) atoms. The van der Waals surface area contributed by atoms with Crippen molar-refractivity contribution >= 4 is 23.1 Å². The van der Waals surface area contributed by atoms with Gasteiger partial charge >= 0.3 is 0 Å². The number of hydrogen-bond donors (Lipinski definition) is 3. The summed E-state index contributed by atoms with van der Waals surface area (Å²) in [7, 11) is 0. The fourth-order valence-corrected chi connectivity index (χ4v) is 2.83. The van der Waals surface area contributed by atoms with Gasteiger partial charge in [-0.05, 0) is 24.3 Å². The zero-order valence-corrected chi connectivity index (χ0v) is 10.2. The normalized spacial score (nSPS) is 19.2. The predicted octanol–water partition coefficient (Wildman–Crippen LogP) is 1.54. The second-order valence-electron chi connectivity index (χ2n) is 4.21. The summed E-state index contributed by atoms with van der Waals surface area (Å²) in [6, 6.07) is 3.58. The molecule has 4 N–H and O–H groups in total. The van der Waals surface area contributed by atoms with Crippen LogP contribution in [0.15, 0.2) is 22.7 Å². The van der Waals surface area contributed by atoms with Crippen molar-refractivity contribution in [3.05, 3.63) is 22.4 Å². The first-order chi connectivity index (χ1) is 8.18. The Hall–Kier alpha value is -1.56. The highest BCUT2D eigenvalue weighted by Crippen LogP contribution is 2.30. The van der Waals surface area contributed by atoms with E-state index in [9.17, 15) is 4.79 Å². The number of carbonyl (C=O) groups excluding carboxylic acids is 1. The van der Waals surface area contributed by atoms with E-state index in [4.69, 9.17) is 10.9 Å². The van der Waals surface area contributed by atoms with Crippen LogP contribution in [0.2, 0.25) is 0 Å². The quantitative estimate of drug-likeness (QED) is 0.330. The van der Waals surface area contributed by atoms with Gasteiger partial charge in [-0.15, -0.1) is 11.3 Å². The van der Waals surface area contributed by atoms with Crippen molar-refractivity contribution in [1.29, 1.82) is 0 Å². The lowest BCUT2D eigenvalue weighted by Crippen LogP contribution is -2.55. The minimum Gasteiger partial charge on any atom is -0.409 e. The largest absolute Gasteiger partial charge is 0.409 e. The Kier molecular flexibility index (Phi) is 3.33. The van der Waals surface area contributed by atoms with Gasteiger partial charge in [0.2, 0.25) is 0 Å². The van der Waals surface area contributed by atoms with Crippen LogP contribution in [0, 0.1) is 0 Å². The number of rotatable bonds is 3. The Labute approximate surface area is 103 Å². The van der Waals surface area contributed by atoms with E-state index < -0.39 is 5.54 Å². The van der Waals surface area contributed by atoms with Gasteiger partial charge in [-0.3, -0.25) is 4.79 Å². The molecular formula is C11H15N3O2S. The summed E-state index contributed by atoms with van der Waals surface area (Å²) in [5.74, 6) is -0.0617. The van der Waals surface area contributed by atoms with Crippen LogP contribution in [0.3, 0.4) is 0 Å². The van der Waals surface area contributed by atoms with E-state index in [1.54, 1.807) is 6.07 Å². The molecule has 0 atom stereocenters. The van der Waals surface area contributed by atoms with Crippen molar-refractivity contribution in [2.24, 2.45) is 10.9 Å². The molecule has 0 spiro atoms. The summed E-state index contributed by atoms with van der Waals surface area (Å²) in [6.07, 6.45) is 3.39. The molecule has 1 saturated carbocycles. The van der Waals surface area contributed by atoms with E-state index in [2.05, 4.69) is 10.5 Å². The molecule has 0 unspecified atom stereocenters. The zero-order chi connectivity index (χ0) is 12.3. The summed E-state index contributed by atoms with van der Waals surface area (Å²) in [6.45, 7) is 0. The Morgan fingerprint density at radius 2 is 2.24 bits per heavy atom. The minimum absolute atomic E-state index is 0.0971. The molecular weight excluding hydrogens is 238 g/mol. The van der Waals surface area contributed by atoms with E-state index in [-0.39, 0.29) is 11.7 Å². The molecule has 1 aliphatic rings. The molecule has 5 nitrogen and oxygen atoms in total. The fraction of sp³-hybridized carbons (Fsp3) is 0.455. The van der Waals surface area contributed by atoms with E-state index in [0.29, 0.717) is 4.88 Å². The second-order valence-corrected chi connectivity index (χ2v) is 5.15. The van der Waals surface area contributed by atoms with E-state index in [1.165, 1.54) is 11.3 Å². The first-order valence-corrected chi connectivity index (χ1v) is 6.40. The molecule has 1 fully saturated rings. The fourth-order valence-electron chi connectivity index (χ4n) is 2.21. The third kappa shape index (κ3) is 2.26. The number of amidine groups is 1. The zero-order valence-electron chi connectivity index (χ0n) is 9.35. The molecule has 0 bridgehead atoms. The summed E-state index contributed by atoms with van der Waals surface area (Å²) >= 11 is 1.38. The highest BCUT2D eigenvalue weighted by molar-refractivity contribution is 7.12. The lowest BCUT2D eigenvalue weighted by atomic mass is 9.96. The van der Waals surface area contributed by atoms with E-state index in [0.717, 1.165) is 25.7 Å². The lowest BCUT2D eigenvalue weighted by Gasteiger charge is -2.28. The third-order valence-corrected chi connectivity index (χ3v) is 4.02. The predicted molar refractivity (Wildman–Crippen MR) is 66.4 cm³/mol. The number of carbonyl (C=O) groups is 1. The number of amides is 1. The number of oxime groups is 1. The van der Waals surface area contributed by atoms with Gasteiger partial charge < -0.3 is 16.3 Å². The summed E-state index contributed by atoms with van der Waals surface area (Å²) in [5, 5.41) is 16.6. The molecule has 6 heteroatoms. The molecule has 1 aromatic rings. The first-order valence-electron chi connectivity index (χ1n) is 5.52. The van der Waals surface area contributed by atoms with Gasteiger partial charge in [-0.1, -0.05) is 24.1 Å². The molecule has 0 aliphatic heterocycles. The average molecular weight is 253 g/mol. The molecule has 1 heterocycles. The van der Waals surface area contributed by atoms with Crippen LogP contribution in [0.4, 0.5) is 0 Å². The molecule has 92 valence electrons. The van der Waals surface area contributed by atoms with Gasteiger partial charge in [0, 0.05) is 0 Å². The number of nitrogens with two attached hydrogens (primary N) is 1. The van der Waals surface area contributed by atoms with Crippen molar-refractivity contribution in [1.82, 2.24) is 5.32 Å². The Morgan fingerprint density at radius 1 is 1.53 bits per heavy atom. The molecule has 1 aliphatic carbocycles. The first kappa shape index (κ1) is 11.9. The van der Waals surface area contributed by atoms with E-state index >= 15 is 0 Å².